The van der Waals surface area contributed by atoms with E-state index in [0.29, 0.717) is 32.1 Å². The Morgan fingerprint density at radius 2 is 2.15 bits per heavy atom. The van der Waals surface area contributed by atoms with E-state index in [4.69, 9.17) is 18.9 Å². The molecule has 0 saturated carbocycles. The van der Waals surface area contributed by atoms with Crippen molar-refractivity contribution in [2.75, 3.05) is 83.5 Å². The molecule has 0 amide bonds. The van der Waals surface area contributed by atoms with Gasteiger partial charge in [-0.05, 0) is 31.4 Å². The first-order valence-corrected chi connectivity index (χ1v) is 15.4. The number of morpholine rings is 1. The van der Waals surface area contributed by atoms with Crippen molar-refractivity contribution in [3.63, 3.8) is 0 Å². The second-order valence-electron chi connectivity index (χ2n) is 9.66. The van der Waals surface area contributed by atoms with Gasteiger partial charge in [0.25, 0.3) is 0 Å². The standard InChI is InChI=1S/C28H38N4O5S2/c1-3-32(23-5-4-6-24(15-23)34-2)17-22-19-36-18-21(16-29)25(22)7-14-38-28-30-26(20-39-28)27(33)37-13-10-31-8-11-35-12-9-31/h4-6,15,20-22,25H,3,7-14,17-19H2,1-2H3/t21?,22-,25-/m0/s1. The van der Waals surface area contributed by atoms with Crippen LogP contribution in [0.2, 0.25) is 0 Å². The fourth-order valence-corrected chi connectivity index (χ4v) is 6.96. The lowest BCUT2D eigenvalue weighted by atomic mass is 9.79. The van der Waals surface area contributed by atoms with Crippen LogP contribution in [-0.4, -0.2) is 94.5 Å². The van der Waals surface area contributed by atoms with Crippen molar-refractivity contribution in [2.24, 2.45) is 17.8 Å². The average Bonchev–Trinajstić information content (AvgIpc) is 3.46. The van der Waals surface area contributed by atoms with Gasteiger partial charge >= 0.3 is 5.97 Å². The molecule has 0 bridgehead atoms. The summed E-state index contributed by atoms with van der Waals surface area (Å²) in [6.45, 7) is 9.18. The Bertz CT molecular complexity index is 1090. The van der Waals surface area contributed by atoms with Crippen LogP contribution in [0, 0.1) is 29.1 Å². The van der Waals surface area contributed by atoms with E-state index in [1.54, 1.807) is 24.3 Å². The van der Waals surface area contributed by atoms with Gasteiger partial charge in [-0.1, -0.05) is 17.8 Å². The number of thiazole rings is 1. The highest BCUT2D eigenvalue weighted by Crippen LogP contribution is 2.34. The van der Waals surface area contributed by atoms with Gasteiger partial charge in [-0.25, -0.2) is 9.78 Å². The van der Waals surface area contributed by atoms with Crippen LogP contribution >= 0.6 is 23.1 Å². The molecule has 0 aliphatic carbocycles. The minimum atomic E-state index is -0.377. The summed E-state index contributed by atoms with van der Waals surface area (Å²) < 4.78 is 22.9. The molecule has 9 nitrogen and oxygen atoms in total. The third-order valence-corrected chi connectivity index (χ3v) is 9.34. The molecule has 212 valence electrons. The Morgan fingerprint density at radius 3 is 2.92 bits per heavy atom. The number of hydrogen-bond donors (Lipinski definition) is 0. The van der Waals surface area contributed by atoms with E-state index in [1.807, 2.05) is 18.2 Å². The number of methoxy groups -OCH3 is 1. The lowest BCUT2D eigenvalue weighted by Gasteiger charge is -2.38. The molecule has 1 aromatic carbocycles. The second-order valence-corrected chi connectivity index (χ2v) is 11.9. The van der Waals surface area contributed by atoms with Gasteiger partial charge in [0.2, 0.25) is 0 Å². The first kappa shape index (κ1) is 29.6. The van der Waals surface area contributed by atoms with Gasteiger partial charge < -0.3 is 23.8 Å². The lowest BCUT2D eigenvalue weighted by Crippen LogP contribution is -2.42. The summed E-state index contributed by atoms with van der Waals surface area (Å²) in [4.78, 5) is 21.5. The topological polar surface area (TPSA) is 97.2 Å². The number of aromatic nitrogens is 1. The van der Waals surface area contributed by atoms with Crippen molar-refractivity contribution in [3.05, 3.63) is 35.3 Å². The number of thioether (sulfide) groups is 1. The number of ether oxygens (including phenoxy) is 4. The van der Waals surface area contributed by atoms with Gasteiger partial charge in [-0.3, -0.25) is 4.90 Å². The molecule has 4 rings (SSSR count). The third kappa shape index (κ3) is 8.56. The summed E-state index contributed by atoms with van der Waals surface area (Å²) in [5.74, 6) is 1.60. The van der Waals surface area contributed by atoms with Gasteiger partial charge in [0.05, 0.1) is 45.5 Å². The number of nitrogens with zero attached hydrogens (tertiary/aromatic N) is 4. The van der Waals surface area contributed by atoms with Crippen LogP contribution in [0.25, 0.3) is 0 Å². The maximum Gasteiger partial charge on any atom is 0.357 e. The number of rotatable bonds is 13. The summed E-state index contributed by atoms with van der Waals surface area (Å²) in [6, 6.07) is 10.6. The molecular formula is C28H38N4O5S2. The Hall–Kier alpha value is -2.36. The third-order valence-electron chi connectivity index (χ3n) is 7.29. The van der Waals surface area contributed by atoms with Crippen LogP contribution in [0.4, 0.5) is 5.69 Å². The van der Waals surface area contributed by atoms with Crippen LogP contribution in [-0.2, 0) is 14.2 Å². The molecule has 2 aliphatic rings. The Labute approximate surface area is 239 Å². The molecule has 3 atom stereocenters. The van der Waals surface area contributed by atoms with Gasteiger partial charge in [-0.15, -0.1) is 11.3 Å². The highest BCUT2D eigenvalue weighted by molar-refractivity contribution is 8.01. The van der Waals surface area contributed by atoms with Crippen LogP contribution < -0.4 is 9.64 Å². The fourth-order valence-electron chi connectivity index (χ4n) is 5.05. The Kier molecular flexibility index (Phi) is 11.7. The number of carbonyl (C=O) groups is 1. The van der Waals surface area contributed by atoms with E-state index >= 15 is 0 Å². The molecule has 1 aromatic heterocycles. The summed E-state index contributed by atoms with van der Waals surface area (Å²) in [5, 5.41) is 11.6. The van der Waals surface area contributed by atoms with Crippen molar-refractivity contribution < 1.29 is 23.7 Å². The second kappa shape index (κ2) is 15.4. The maximum absolute atomic E-state index is 12.4. The van der Waals surface area contributed by atoms with E-state index in [9.17, 15) is 10.1 Å². The smallest absolute Gasteiger partial charge is 0.357 e. The van der Waals surface area contributed by atoms with Crippen LogP contribution in [0.15, 0.2) is 34.0 Å². The van der Waals surface area contributed by atoms with E-state index < -0.39 is 0 Å². The van der Waals surface area contributed by atoms with Crippen molar-refractivity contribution in [3.8, 4) is 11.8 Å². The quantitative estimate of drug-likeness (QED) is 0.257. The normalized spacial score (nSPS) is 21.7. The van der Waals surface area contributed by atoms with Crippen molar-refractivity contribution >= 4 is 34.8 Å². The van der Waals surface area contributed by atoms with Crippen LogP contribution in [0.3, 0.4) is 0 Å². The van der Waals surface area contributed by atoms with Gasteiger partial charge in [0.1, 0.15) is 12.4 Å². The molecule has 0 spiro atoms. The summed E-state index contributed by atoms with van der Waals surface area (Å²) in [7, 11) is 1.68. The van der Waals surface area contributed by atoms with Crippen molar-refractivity contribution in [1.29, 1.82) is 5.26 Å². The zero-order chi connectivity index (χ0) is 27.5. The van der Waals surface area contributed by atoms with E-state index in [-0.39, 0.29) is 23.7 Å². The summed E-state index contributed by atoms with van der Waals surface area (Å²) in [6.07, 6.45) is 0.880. The predicted molar refractivity (Wildman–Crippen MR) is 153 cm³/mol. The van der Waals surface area contributed by atoms with Crippen molar-refractivity contribution in [2.45, 2.75) is 17.7 Å². The van der Waals surface area contributed by atoms with E-state index in [1.165, 1.54) is 11.3 Å². The minimum absolute atomic E-state index is 0.137. The maximum atomic E-state index is 12.4. The van der Waals surface area contributed by atoms with Crippen LogP contribution in [0.1, 0.15) is 23.8 Å². The molecule has 1 unspecified atom stereocenters. The fraction of sp³-hybridized carbons (Fsp3) is 0.607. The number of nitriles is 1. The molecule has 0 N–H and O–H groups in total. The Morgan fingerprint density at radius 1 is 1.31 bits per heavy atom. The van der Waals surface area contributed by atoms with Crippen molar-refractivity contribution in [1.82, 2.24) is 9.88 Å². The lowest BCUT2D eigenvalue weighted by molar-refractivity contribution is -0.00790. The molecule has 11 heteroatoms. The summed E-state index contributed by atoms with van der Waals surface area (Å²) >= 11 is 3.10. The number of anilines is 1. The number of benzene rings is 1. The largest absolute Gasteiger partial charge is 0.497 e. The number of carbonyl (C=O) groups excluding carboxylic acids is 1. The summed E-state index contributed by atoms with van der Waals surface area (Å²) in [5.41, 5.74) is 1.47. The average molecular weight is 575 g/mol. The van der Waals surface area contributed by atoms with Gasteiger partial charge in [0, 0.05) is 61.5 Å². The highest BCUT2D eigenvalue weighted by atomic mass is 32.2. The number of esters is 1. The molecular weight excluding hydrogens is 536 g/mol. The predicted octanol–water partition coefficient (Wildman–Crippen LogP) is 4.05. The van der Waals surface area contributed by atoms with Crippen LogP contribution in [0.5, 0.6) is 5.75 Å². The molecule has 0 radical (unpaired) electrons. The molecule has 2 aliphatic heterocycles. The zero-order valence-electron chi connectivity index (χ0n) is 22.8. The molecule has 3 heterocycles. The van der Waals surface area contributed by atoms with Gasteiger partial charge in [0.15, 0.2) is 10.0 Å². The minimum Gasteiger partial charge on any atom is -0.497 e. The molecule has 39 heavy (non-hydrogen) atoms. The highest BCUT2D eigenvalue weighted by Gasteiger charge is 2.35. The first-order chi connectivity index (χ1) is 19.1. The van der Waals surface area contributed by atoms with E-state index in [2.05, 4.69) is 33.8 Å². The number of hydrogen-bond acceptors (Lipinski definition) is 11. The van der Waals surface area contributed by atoms with E-state index in [0.717, 1.165) is 67.3 Å². The SMILES string of the molecule is CCN(C[C@H]1COCC(C#N)[C@@H]1CCSc1nc(C(=O)OCCN2CCOCC2)cs1)c1cccc(OC)c1. The molecule has 2 saturated heterocycles. The Balaban J connectivity index is 1.28. The molecule has 2 aromatic rings. The van der Waals surface area contributed by atoms with Gasteiger partial charge in [-0.2, -0.15) is 5.26 Å². The molecule has 2 fully saturated rings. The monoisotopic (exact) mass is 574 g/mol. The first-order valence-electron chi connectivity index (χ1n) is 13.5. The zero-order valence-corrected chi connectivity index (χ0v) is 24.4.